The summed E-state index contributed by atoms with van der Waals surface area (Å²) in [5.74, 6) is 1.09. The normalized spacial score (nSPS) is 26.2. The SMILES string of the molecule is Cc1cc(N2CCN3CCC2CC3)cc2nc(C3CC3)[n+]([O-])c(C)c12. The number of piperidine rings is 1. The molecule has 4 fully saturated rings. The molecule has 4 aliphatic rings. The molecular weight excluding hydrogens is 312 g/mol. The van der Waals surface area contributed by atoms with E-state index in [0.717, 1.165) is 53.1 Å². The van der Waals surface area contributed by atoms with Crippen LogP contribution in [0, 0.1) is 19.1 Å². The highest BCUT2D eigenvalue weighted by atomic mass is 16.5. The van der Waals surface area contributed by atoms with Crippen molar-refractivity contribution in [2.45, 2.75) is 51.5 Å². The van der Waals surface area contributed by atoms with Crippen LogP contribution in [0.4, 0.5) is 5.69 Å². The fourth-order valence-corrected chi connectivity index (χ4v) is 4.74. The predicted molar refractivity (Wildman–Crippen MR) is 99.0 cm³/mol. The van der Waals surface area contributed by atoms with Crippen molar-refractivity contribution in [1.82, 2.24) is 9.88 Å². The molecule has 6 rings (SSSR count). The third kappa shape index (κ3) is 2.48. The van der Waals surface area contributed by atoms with Crippen LogP contribution in [0.1, 0.15) is 48.7 Å². The van der Waals surface area contributed by atoms with E-state index >= 15 is 0 Å². The summed E-state index contributed by atoms with van der Waals surface area (Å²) in [6.45, 7) is 8.77. The van der Waals surface area contributed by atoms with Gasteiger partial charge in [-0.05, 0) is 56.1 Å². The van der Waals surface area contributed by atoms with Crippen molar-refractivity contribution in [3.63, 3.8) is 0 Å². The molecule has 0 N–H and O–H groups in total. The molecule has 0 amide bonds. The van der Waals surface area contributed by atoms with E-state index in [2.05, 4.69) is 28.9 Å². The first kappa shape index (κ1) is 15.4. The van der Waals surface area contributed by atoms with E-state index in [4.69, 9.17) is 4.98 Å². The summed E-state index contributed by atoms with van der Waals surface area (Å²) >= 11 is 0. The lowest BCUT2D eigenvalue weighted by Gasteiger charge is -2.33. The van der Waals surface area contributed by atoms with Crippen molar-refractivity contribution in [1.29, 1.82) is 0 Å². The van der Waals surface area contributed by atoms with E-state index in [1.54, 1.807) is 0 Å². The number of rotatable bonds is 2. The van der Waals surface area contributed by atoms with Gasteiger partial charge in [-0.3, -0.25) is 0 Å². The van der Waals surface area contributed by atoms with Gasteiger partial charge in [0.1, 0.15) is 5.69 Å². The number of benzene rings is 1. The number of aryl methyl sites for hydroxylation is 2. The molecule has 2 aromatic rings. The van der Waals surface area contributed by atoms with E-state index in [0.29, 0.717) is 12.0 Å². The molecule has 0 atom stereocenters. The third-order valence-corrected chi connectivity index (χ3v) is 6.34. The Hall–Kier alpha value is -1.88. The van der Waals surface area contributed by atoms with Crippen LogP contribution in [0.25, 0.3) is 10.9 Å². The second kappa shape index (κ2) is 5.56. The maximum absolute atomic E-state index is 12.6. The van der Waals surface area contributed by atoms with Crippen molar-refractivity contribution >= 4 is 16.6 Å². The lowest BCUT2D eigenvalue weighted by atomic mass is 10.0. The van der Waals surface area contributed by atoms with Gasteiger partial charge in [-0.1, -0.05) is 0 Å². The van der Waals surface area contributed by atoms with E-state index < -0.39 is 0 Å². The number of hydrogen-bond acceptors (Lipinski definition) is 4. The molecule has 5 heteroatoms. The molecule has 0 unspecified atom stereocenters. The monoisotopic (exact) mass is 338 g/mol. The minimum absolute atomic E-state index is 0.367. The lowest BCUT2D eigenvalue weighted by molar-refractivity contribution is -0.622. The summed E-state index contributed by atoms with van der Waals surface area (Å²) in [6.07, 6.45) is 4.71. The van der Waals surface area contributed by atoms with Crippen LogP contribution in [-0.2, 0) is 0 Å². The molecule has 1 saturated carbocycles. The molecule has 25 heavy (non-hydrogen) atoms. The second-order valence-electron chi connectivity index (χ2n) is 8.05. The first-order valence-corrected chi connectivity index (χ1v) is 9.65. The van der Waals surface area contributed by atoms with E-state index in [1.807, 2.05) is 6.92 Å². The second-order valence-corrected chi connectivity index (χ2v) is 8.05. The Morgan fingerprint density at radius 2 is 1.80 bits per heavy atom. The standard InChI is InChI=1S/C20H26N4O/c1-13-11-17(23-10-9-22-7-5-16(23)6-8-22)12-18-19(13)14(2)24(25)20(21-18)15-3-4-15/h11-12,15-16H,3-10H2,1-2H3. The highest BCUT2D eigenvalue weighted by molar-refractivity contribution is 5.87. The molecule has 0 spiro atoms. The summed E-state index contributed by atoms with van der Waals surface area (Å²) in [5.41, 5.74) is 4.26. The van der Waals surface area contributed by atoms with Crippen LogP contribution >= 0.6 is 0 Å². The van der Waals surface area contributed by atoms with Gasteiger partial charge in [0.15, 0.2) is 5.52 Å². The van der Waals surface area contributed by atoms with E-state index in [9.17, 15) is 5.21 Å². The largest absolute Gasteiger partial charge is 0.711 e. The molecule has 3 saturated heterocycles. The van der Waals surface area contributed by atoms with Crippen LogP contribution in [0.2, 0.25) is 0 Å². The number of anilines is 1. The molecule has 5 nitrogen and oxygen atoms in total. The van der Waals surface area contributed by atoms with Gasteiger partial charge in [0, 0.05) is 44.0 Å². The Balaban J connectivity index is 1.63. The Labute approximate surface area is 148 Å². The maximum Gasteiger partial charge on any atom is 0.305 e. The van der Waals surface area contributed by atoms with Crippen molar-refractivity contribution in [2.75, 3.05) is 31.1 Å². The smallest absolute Gasteiger partial charge is 0.305 e. The average molecular weight is 338 g/mol. The topological polar surface area (TPSA) is 46.3 Å². The minimum atomic E-state index is 0.367. The lowest BCUT2D eigenvalue weighted by Crippen LogP contribution is -2.38. The maximum atomic E-state index is 12.6. The highest BCUT2D eigenvalue weighted by Gasteiger charge is 2.35. The van der Waals surface area contributed by atoms with Gasteiger partial charge in [-0.2, -0.15) is 0 Å². The number of fused-ring (bicyclic) bond motifs is 5. The van der Waals surface area contributed by atoms with E-state index in [1.165, 1.54) is 37.2 Å². The van der Waals surface area contributed by atoms with Gasteiger partial charge in [0.25, 0.3) is 0 Å². The minimum Gasteiger partial charge on any atom is -0.711 e. The van der Waals surface area contributed by atoms with Crippen LogP contribution in [-0.4, -0.2) is 42.1 Å². The number of hydrogen-bond donors (Lipinski definition) is 0. The van der Waals surface area contributed by atoms with Gasteiger partial charge in [0.05, 0.1) is 11.3 Å². The summed E-state index contributed by atoms with van der Waals surface area (Å²) < 4.78 is 1.08. The van der Waals surface area contributed by atoms with Crippen molar-refractivity contribution < 1.29 is 4.73 Å². The summed E-state index contributed by atoms with van der Waals surface area (Å²) in [5, 5.41) is 13.6. The number of aromatic nitrogens is 2. The first-order chi connectivity index (χ1) is 12.1. The molecular formula is C20H26N4O. The summed E-state index contributed by atoms with van der Waals surface area (Å²) in [7, 11) is 0. The van der Waals surface area contributed by atoms with E-state index in [-0.39, 0.29) is 0 Å². The molecule has 0 radical (unpaired) electrons. The molecule has 1 aliphatic carbocycles. The predicted octanol–water partition coefficient (Wildman–Crippen LogP) is 2.65. The van der Waals surface area contributed by atoms with Crippen molar-refractivity contribution in [3.8, 4) is 0 Å². The zero-order chi connectivity index (χ0) is 17.1. The zero-order valence-corrected chi connectivity index (χ0v) is 15.2. The zero-order valence-electron chi connectivity index (χ0n) is 15.2. The fourth-order valence-electron chi connectivity index (χ4n) is 4.74. The molecule has 1 aromatic carbocycles. The average Bonchev–Trinajstić information content (AvgIpc) is 3.45. The highest BCUT2D eigenvalue weighted by Crippen LogP contribution is 2.39. The van der Waals surface area contributed by atoms with Crippen LogP contribution in [0.3, 0.4) is 0 Å². The molecule has 4 heterocycles. The quantitative estimate of drug-likeness (QED) is 0.624. The number of nitrogens with zero attached hydrogens (tertiary/aromatic N) is 4. The molecule has 1 aromatic heterocycles. The van der Waals surface area contributed by atoms with Crippen molar-refractivity contribution in [3.05, 3.63) is 34.4 Å². The molecule has 3 aliphatic heterocycles. The Kier molecular flexibility index (Phi) is 3.42. The summed E-state index contributed by atoms with van der Waals surface area (Å²) in [6, 6.07) is 5.14. The summed E-state index contributed by atoms with van der Waals surface area (Å²) in [4.78, 5) is 9.98. The third-order valence-electron chi connectivity index (χ3n) is 6.34. The van der Waals surface area contributed by atoms with Crippen LogP contribution < -0.4 is 9.63 Å². The van der Waals surface area contributed by atoms with Crippen LogP contribution in [0.15, 0.2) is 12.1 Å². The Morgan fingerprint density at radius 1 is 1.04 bits per heavy atom. The van der Waals surface area contributed by atoms with Crippen molar-refractivity contribution in [2.24, 2.45) is 0 Å². The Bertz CT molecular complexity index is 837. The van der Waals surface area contributed by atoms with Gasteiger partial charge in [0.2, 0.25) is 0 Å². The van der Waals surface area contributed by atoms with Crippen LogP contribution in [0.5, 0.6) is 0 Å². The van der Waals surface area contributed by atoms with Gasteiger partial charge in [-0.25, -0.2) is 4.73 Å². The first-order valence-electron chi connectivity index (χ1n) is 9.65. The molecule has 132 valence electrons. The van der Waals surface area contributed by atoms with Gasteiger partial charge < -0.3 is 15.0 Å². The van der Waals surface area contributed by atoms with Gasteiger partial charge in [-0.15, -0.1) is 0 Å². The molecule has 2 bridgehead atoms. The Morgan fingerprint density at radius 3 is 2.52 bits per heavy atom. The fraction of sp³-hybridized carbons (Fsp3) is 0.600. The van der Waals surface area contributed by atoms with Gasteiger partial charge >= 0.3 is 5.82 Å².